The van der Waals surface area contributed by atoms with Gasteiger partial charge in [-0.25, -0.2) is 10.4 Å². The Hall–Kier alpha value is -3.23. The lowest BCUT2D eigenvalue weighted by Gasteiger charge is -2.28. The van der Waals surface area contributed by atoms with Crippen LogP contribution in [0.3, 0.4) is 0 Å². The lowest BCUT2D eigenvalue weighted by molar-refractivity contribution is -0.126. The third-order valence-electron chi connectivity index (χ3n) is 5.46. The van der Waals surface area contributed by atoms with Crippen molar-refractivity contribution in [1.82, 2.24) is 25.4 Å². The highest BCUT2D eigenvalue weighted by molar-refractivity contribution is 6.39. The Labute approximate surface area is 168 Å². The largest absolute Gasteiger partial charge is 0.350 e. The van der Waals surface area contributed by atoms with Crippen molar-refractivity contribution in [2.75, 3.05) is 0 Å². The molecule has 1 saturated carbocycles. The van der Waals surface area contributed by atoms with Crippen molar-refractivity contribution < 1.29 is 14.4 Å². The zero-order valence-electron chi connectivity index (χ0n) is 16.1. The summed E-state index contributed by atoms with van der Waals surface area (Å²) in [6.07, 6.45) is 7.43. The number of carbonyl (C=O) groups is 3. The number of imidazole rings is 1. The Morgan fingerprint density at radius 3 is 2.72 bits per heavy atom. The maximum Gasteiger partial charge on any atom is 0.267 e. The maximum absolute atomic E-state index is 12.5. The Morgan fingerprint density at radius 1 is 1.17 bits per heavy atom. The number of nitrogens with one attached hydrogen (secondary N) is 3. The molecule has 1 aliphatic heterocycles. The lowest BCUT2D eigenvalue weighted by Crippen LogP contribution is -2.44. The summed E-state index contributed by atoms with van der Waals surface area (Å²) < 4.78 is 1.93. The van der Waals surface area contributed by atoms with Gasteiger partial charge in [-0.2, -0.15) is 5.10 Å². The standard InChI is InChI=1S/C20H24N6O3/c27-18-9-8-16(24-25-18)20(29)23-14-6-4-13(5-7-14)19(28)21-11-15-12-26-10-2-1-3-17(26)22-15/h1-3,10,12-14H,4-9,11H2,(H,21,28)(H,23,29)(H,25,27). The van der Waals surface area contributed by atoms with Crippen LogP contribution in [0.15, 0.2) is 35.7 Å². The monoisotopic (exact) mass is 396 g/mol. The van der Waals surface area contributed by atoms with Gasteiger partial charge in [-0.05, 0) is 37.8 Å². The van der Waals surface area contributed by atoms with Crippen LogP contribution >= 0.6 is 0 Å². The number of aromatic nitrogens is 2. The summed E-state index contributed by atoms with van der Waals surface area (Å²) in [5.41, 5.74) is 4.38. The number of pyridine rings is 1. The van der Waals surface area contributed by atoms with Gasteiger partial charge in [0, 0.05) is 37.2 Å². The molecule has 3 N–H and O–H groups in total. The molecule has 9 heteroatoms. The number of hydrogen-bond donors (Lipinski definition) is 3. The fourth-order valence-electron chi connectivity index (χ4n) is 3.80. The molecule has 2 aromatic rings. The van der Waals surface area contributed by atoms with E-state index in [2.05, 4.69) is 26.1 Å². The summed E-state index contributed by atoms with van der Waals surface area (Å²) >= 11 is 0. The minimum atomic E-state index is -0.232. The summed E-state index contributed by atoms with van der Waals surface area (Å²) in [5, 5.41) is 9.77. The van der Waals surface area contributed by atoms with Crippen molar-refractivity contribution >= 4 is 29.1 Å². The zero-order chi connectivity index (χ0) is 20.2. The summed E-state index contributed by atoms with van der Waals surface area (Å²) in [7, 11) is 0. The van der Waals surface area contributed by atoms with Crippen LogP contribution in [-0.2, 0) is 20.9 Å². The molecule has 0 radical (unpaired) electrons. The van der Waals surface area contributed by atoms with Crippen LogP contribution in [-0.4, -0.2) is 38.9 Å². The van der Waals surface area contributed by atoms with E-state index in [9.17, 15) is 14.4 Å². The average Bonchev–Trinajstić information content (AvgIpc) is 3.16. The maximum atomic E-state index is 12.5. The molecule has 9 nitrogen and oxygen atoms in total. The topological polar surface area (TPSA) is 117 Å². The number of amides is 3. The van der Waals surface area contributed by atoms with Gasteiger partial charge in [0.2, 0.25) is 11.8 Å². The van der Waals surface area contributed by atoms with Crippen molar-refractivity contribution in [1.29, 1.82) is 0 Å². The number of nitrogens with zero attached hydrogens (tertiary/aromatic N) is 3. The predicted octanol–water partition coefficient (Wildman–Crippen LogP) is 0.892. The van der Waals surface area contributed by atoms with Crippen molar-refractivity contribution in [3.05, 3.63) is 36.3 Å². The first-order valence-corrected chi connectivity index (χ1v) is 9.95. The van der Waals surface area contributed by atoms with Crippen molar-refractivity contribution in [3.63, 3.8) is 0 Å². The van der Waals surface area contributed by atoms with E-state index in [1.807, 2.05) is 35.0 Å². The molecule has 152 valence electrons. The molecular formula is C20H24N6O3. The summed E-state index contributed by atoms with van der Waals surface area (Å²) in [4.78, 5) is 40.3. The molecule has 0 spiro atoms. The Kier molecular flexibility index (Phi) is 5.55. The fourth-order valence-corrected chi connectivity index (χ4v) is 3.80. The van der Waals surface area contributed by atoms with E-state index < -0.39 is 0 Å². The Morgan fingerprint density at radius 2 is 2.00 bits per heavy atom. The predicted molar refractivity (Wildman–Crippen MR) is 106 cm³/mol. The molecule has 0 unspecified atom stereocenters. The quantitative estimate of drug-likeness (QED) is 0.696. The normalized spacial score (nSPS) is 21.9. The van der Waals surface area contributed by atoms with Crippen LogP contribution < -0.4 is 16.1 Å². The van der Waals surface area contributed by atoms with Crippen LogP contribution in [0, 0.1) is 5.92 Å². The van der Waals surface area contributed by atoms with Gasteiger partial charge < -0.3 is 15.0 Å². The summed E-state index contributed by atoms with van der Waals surface area (Å²) in [6.45, 7) is 0.405. The number of hydrogen-bond acceptors (Lipinski definition) is 5. The number of carbonyl (C=O) groups excluding carboxylic acids is 3. The van der Waals surface area contributed by atoms with Gasteiger partial charge in [-0.3, -0.25) is 14.4 Å². The number of rotatable bonds is 5. The minimum absolute atomic E-state index is 0.0327. The molecule has 0 bridgehead atoms. The molecule has 3 heterocycles. The zero-order valence-corrected chi connectivity index (χ0v) is 16.1. The summed E-state index contributed by atoms with van der Waals surface area (Å²) in [6, 6.07) is 5.82. The van der Waals surface area contributed by atoms with E-state index in [-0.39, 0.29) is 36.1 Å². The third kappa shape index (κ3) is 4.61. The van der Waals surface area contributed by atoms with E-state index >= 15 is 0 Å². The molecule has 0 aromatic carbocycles. The van der Waals surface area contributed by atoms with Crippen molar-refractivity contribution in [2.45, 2.75) is 51.1 Å². The SMILES string of the molecule is O=C1CCC(C(=O)NC2CCC(C(=O)NCc3cn4ccccc4n3)CC2)=NN1. The second-order valence-corrected chi connectivity index (χ2v) is 7.53. The first-order valence-electron chi connectivity index (χ1n) is 9.95. The Bertz CT molecular complexity index is 925. The number of fused-ring (bicyclic) bond motifs is 1. The van der Waals surface area contributed by atoms with Crippen LogP contribution in [0.25, 0.3) is 5.65 Å². The van der Waals surface area contributed by atoms with Crippen LogP contribution in [0.4, 0.5) is 0 Å². The highest BCUT2D eigenvalue weighted by atomic mass is 16.2. The molecule has 0 saturated heterocycles. The van der Waals surface area contributed by atoms with Crippen LogP contribution in [0.1, 0.15) is 44.2 Å². The smallest absolute Gasteiger partial charge is 0.267 e. The highest BCUT2D eigenvalue weighted by Gasteiger charge is 2.28. The highest BCUT2D eigenvalue weighted by Crippen LogP contribution is 2.24. The molecule has 2 aliphatic rings. The van der Waals surface area contributed by atoms with Gasteiger partial charge in [-0.15, -0.1) is 0 Å². The first-order chi connectivity index (χ1) is 14.1. The second kappa shape index (κ2) is 8.42. The summed E-state index contributed by atoms with van der Waals surface area (Å²) in [5.74, 6) is -0.417. The molecule has 0 atom stereocenters. The Balaban J connectivity index is 1.22. The van der Waals surface area contributed by atoms with Crippen molar-refractivity contribution in [3.8, 4) is 0 Å². The van der Waals surface area contributed by atoms with Gasteiger partial charge in [0.15, 0.2) is 0 Å². The van der Waals surface area contributed by atoms with Crippen LogP contribution in [0.5, 0.6) is 0 Å². The van der Waals surface area contributed by atoms with E-state index in [1.165, 1.54) is 0 Å². The van der Waals surface area contributed by atoms with E-state index in [0.717, 1.165) is 37.0 Å². The first kappa shape index (κ1) is 19.1. The second-order valence-electron chi connectivity index (χ2n) is 7.53. The lowest BCUT2D eigenvalue weighted by atomic mass is 9.85. The third-order valence-corrected chi connectivity index (χ3v) is 5.46. The molecule has 2 aromatic heterocycles. The van der Waals surface area contributed by atoms with Gasteiger partial charge in [0.05, 0.1) is 12.2 Å². The van der Waals surface area contributed by atoms with E-state index in [1.54, 1.807) is 0 Å². The van der Waals surface area contributed by atoms with E-state index in [0.29, 0.717) is 18.7 Å². The number of hydrazone groups is 1. The van der Waals surface area contributed by atoms with Crippen LogP contribution in [0.2, 0.25) is 0 Å². The molecular weight excluding hydrogens is 372 g/mol. The van der Waals surface area contributed by atoms with Gasteiger partial charge >= 0.3 is 0 Å². The average molecular weight is 396 g/mol. The molecule has 29 heavy (non-hydrogen) atoms. The molecule has 1 fully saturated rings. The van der Waals surface area contributed by atoms with Gasteiger partial charge in [0.1, 0.15) is 11.4 Å². The molecule has 4 rings (SSSR count). The van der Waals surface area contributed by atoms with Gasteiger partial charge in [0.25, 0.3) is 5.91 Å². The van der Waals surface area contributed by atoms with Gasteiger partial charge in [-0.1, -0.05) is 6.07 Å². The molecule has 3 amide bonds. The minimum Gasteiger partial charge on any atom is -0.350 e. The molecule has 1 aliphatic carbocycles. The van der Waals surface area contributed by atoms with E-state index in [4.69, 9.17) is 0 Å². The van der Waals surface area contributed by atoms with Crippen molar-refractivity contribution in [2.24, 2.45) is 11.0 Å². The fraction of sp³-hybridized carbons (Fsp3) is 0.450.